The molecule has 0 spiro atoms. The maximum absolute atomic E-state index is 13.7. The molecule has 1 aromatic heterocycles. The van der Waals surface area contributed by atoms with E-state index in [2.05, 4.69) is 83.9 Å². The number of nitrogens with zero attached hydrogens (tertiary/aromatic N) is 3. The largest absolute Gasteiger partial charge is 0.491 e. The fourth-order valence-electron chi connectivity index (χ4n) is 6.13. The quantitative estimate of drug-likeness (QED) is 0.111. The molecule has 1 amide bonds. The molecule has 0 saturated carbocycles. The van der Waals surface area contributed by atoms with Crippen molar-refractivity contribution < 1.29 is 18.5 Å². The first-order chi connectivity index (χ1) is 24.3. The minimum atomic E-state index is -1.21. The highest BCUT2D eigenvalue weighted by molar-refractivity contribution is 7.84. The fraction of sp³-hybridized carbons (Fsp3) is 0.415. The number of ether oxygens (including phenoxy) is 2. The number of benzene rings is 3. The molecule has 1 aliphatic rings. The minimum Gasteiger partial charge on any atom is -0.491 e. The van der Waals surface area contributed by atoms with Gasteiger partial charge in [0.05, 0.1) is 35.2 Å². The molecule has 5 rings (SSSR count). The summed E-state index contributed by atoms with van der Waals surface area (Å²) in [5, 5.41) is 3.10. The topological polar surface area (TPSA) is 85.7 Å². The van der Waals surface area contributed by atoms with Gasteiger partial charge in [-0.05, 0) is 103 Å². The molecule has 50 heavy (non-hydrogen) atoms. The average molecular weight is 697 g/mol. The number of rotatable bonds is 17. The number of hydrogen-bond acceptors (Lipinski definition) is 6. The van der Waals surface area contributed by atoms with Gasteiger partial charge in [-0.3, -0.25) is 9.00 Å². The van der Waals surface area contributed by atoms with Gasteiger partial charge >= 0.3 is 0 Å². The van der Waals surface area contributed by atoms with Gasteiger partial charge in [0.1, 0.15) is 12.4 Å². The summed E-state index contributed by atoms with van der Waals surface area (Å²) in [4.78, 5) is 21.1. The predicted octanol–water partition coefficient (Wildman–Crippen LogP) is 8.74. The Kier molecular flexibility index (Phi) is 13.9. The fourth-order valence-corrected chi connectivity index (χ4v) is 7.24. The Balaban J connectivity index is 1.30. The van der Waals surface area contributed by atoms with Crippen LogP contribution in [0.2, 0.25) is 0 Å². The van der Waals surface area contributed by atoms with Crippen LogP contribution >= 0.6 is 0 Å². The zero-order valence-corrected chi connectivity index (χ0v) is 30.8. The van der Waals surface area contributed by atoms with Crippen LogP contribution in [0.25, 0.3) is 17.2 Å². The van der Waals surface area contributed by atoms with E-state index in [9.17, 15) is 9.00 Å². The molecule has 2 heterocycles. The zero-order valence-electron chi connectivity index (χ0n) is 30.0. The van der Waals surface area contributed by atoms with E-state index in [4.69, 9.17) is 9.47 Å². The van der Waals surface area contributed by atoms with Crippen molar-refractivity contribution >= 4 is 34.2 Å². The van der Waals surface area contributed by atoms with Crippen molar-refractivity contribution in [3.05, 3.63) is 96.1 Å². The molecule has 0 aliphatic carbocycles. The van der Waals surface area contributed by atoms with Crippen LogP contribution in [0.5, 0.6) is 5.75 Å². The molecule has 0 bridgehead atoms. The lowest BCUT2D eigenvalue weighted by Crippen LogP contribution is -2.30. The first-order valence-electron chi connectivity index (χ1n) is 18.0. The van der Waals surface area contributed by atoms with Crippen molar-refractivity contribution in [2.24, 2.45) is 5.92 Å². The van der Waals surface area contributed by atoms with Gasteiger partial charge in [-0.25, -0.2) is 4.98 Å². The van der Waals surface area contributed by atoms with Crippen molar-refractivity contribution in [3.63, 3.8) is 0 Å². The van der Waals surface area contributed by atoms with E-state index in [1.54, 1.807) is 12.5 Å². The van der Waals surface area contributed by atoms with Crippen molar-refractivity contribution in [3.8, 4) is 16.9 Å². The summed E-state index contributed by atoms with van der Waals surface area (Å²) in [6.45, 7) is 13.3. The van der Waals surface area contributed by atoms with Crippen LogP contribution in [-0.2, 0) is 32.6 Å². The Morgan fingerprint density at radius 1 is 0.960 bits per heavy atom. The molecule has 8 nitrogen and oxygen atoms in total. The van der Waals surface area contributed by atoms with E-state index >= 15 is 0 Å². The maximum Gasteiger partial charge on any atom is 0.251 e. The maximum atomic E-state index is 13.7. The van der Waals surface area contributed by atoms with E-state index in [-0.39, 0.29) is 5.91 Å². The Labute approximate surface area is 300 Å². The van der Waals surface area contributed by atoms with Gasteiger partial charge in [-0.1, -0.05) is 52.3 Å². The summed E-state index contributed by atoms with van der Waals surface area (Å²) in [5.74, 6) is 1.62. The van der Waals surface area contributed by atoms with E-state index in [1.807, 2.05) is 36.4 Å². The van der Waals surface area contributed by atoms with Crippen LogP contribution in [0.3, 0.4) is 0 Å². The smallest absolute Gasteiger partial charge is 0.251 e. The predicted molar refractivity (Wildman–Crippen MR) is 205 cm³/mol. The van der Waals surface area contributed by atoms with Gasteiger partial charge in [-0.15, -0.1) is 0 Å². The molecule has 1 unspecified atom stereocenters. The first kappa shape index (κ1) is 37.1. The molecule has 0 fully saturated rings. The van der Waals surface area contributed by atoms with Crippen molar-refractivity contribution in [1.82, 2.24) is 9.55 Å². The number of imidazole rings is 1. The minimum absolute atomic E-state index is 0.115. The number of aryl methyl sites for hydroxylation is 1. The van der Waals surface area contributed by atoms with E-state index in [0.29, 0.717) is 37.0 Å². The Bertz CT molecular complexity index is 1730. The molecule has 266 valence electrons. The highest BCUT2D eigenvalue weighted by Gasteiger charge is 2.20. The number of amides is 1. The molecular formula is C41H52N4O4S. The number of unbranched alkanes of at least 4 members (excludes halogenated alkanes) is 1. The summed E-state index contributed by atoms with van der Waals surface area (Å²) in [7, 11) is -1.21. The summed E-state index contributed by atoms with van der Waals surface area (Å²) < 4.78 is 26.7. The molecule has 0 radical (unpaired) electrons. The van der Waals surface area contributed by atoms with Crippen LogP contribution in [0.4, 0.5) is 11.4 Å². The first-order valence-corrected chi connectivity index (χ1v) is 19.4. The number of carbonyl (C=O) groups excluding carboxylic acids is 1. The molecule has 9 heteroatoms. The Morgan fingerprint density at radius 2 is 1.74 bits per heavy atom. The molecule has 4 aromatic rings. The Hall–Kier alpha value is -4.21. The lowest BCUT2D eigenvalue weighted by molar-refractivity contribution is -0.112. The van der Waals surface area contributed by atoms with Crippen LogP contribution in [0, 0.1) is 5.92 Å². The van der Waals surface area contributed by atoms with Gasteiger partial charge in [-0.2, -0.15) is 0 Å². The monoisotopic (exact) mass is 696 g/mol. The van der Waals surface area contributed by atoms with E-state index < -0.39 is 10.8 Å². The SMILES string of the molecule is CCCCOCCOc1ccc(-c2ccc3c(c2)C=C(C(=O)Nc2ccc(S(=O)Cc4cncn4CCC)cc2)CCCN3CC(C)C)cc1. The third-order valence-corrected chi connectivity index (χ3v) is 10.0. The van der Waals surface area contributed by atoms with Crippen LogP contribution in [-0.4, -0.2) is 52.6 Å². The van der Waals surface area contributed by atoms with Crippen molar-refractivity contribution in [2.75, 3.05) is 43.1 Å². The number of hydrogen-bond donors (Lipinski definition) is 1. The number of nitrogens with one attached hydrogen (secondary N) is 1. The average Bonchev–Trinajstić information content (AvgIpc) is 3.54. The lowest BCUT2D eigenvalue weighted by atomic mass is 9.96. The zero-order chi connectivity index (χ0) is 35.3. The third-order valence-electron chi connectivity index (χ3n) is 8.69. The summed E-state index contributed by atoms with van der Waals surface area (Å²) >= 11 is 0. The normalized spacial score (nSPS) is 13.7. The summed E-state index contributed by atoms with van der Waals surface area (Å²) in [6.07, 6.45) is 10.4. The third kappa shape index (κ3) is 10.4. The number of carbonyl (C=O) groups is 1. The summed E-state index contributed by atoms with van der Waals surface area (Å²) in [5.41, 5.74) is 6.73. The van der Waals surface area contributed by atoms with Gasteiger partial charge in [0.2, 0.25) is 0 Å². The Morgan fingerprint density at radius 3 is 2.48 bits per heavy atom. The number of anilines is 2. The molecule has 1 atom stereocenters. The standard InChI is InChI=1S/C41H52N4O4S/c1-5-7-22-48-23-24-49-38-15-10-32(11-16-38)33-12-19-40-35(25-33)26-34(9-8-21-44(40)28-31(3)4)41(46)43-36-13-17-39(18-14-36)50(47)29-37-27-42-30-45(37)20-6-2/h10-19,25-27,30-31H,5-9,20-24,28-29H2,1-4H3,(H,43,46). The van der Waals surface area contributed by atoms with Gasteiger partial charge in [0, 0.05) is 54.3 Å². The lowest BCUT2D eigenvalue weighted by Gasteiger charge is -2.30. The highest BCUT2D eigenvalue weighted by Crippen LogP contribution is 2.33. The van der Waals surface area contributed by atoms with Gasteiger partial charge < -0.3 is 24.3 Å². The number of fused-ring (bicyclic) bond motifs is 1. The van der Waals surface area contributed by atoms with E-state index in [1.165, 1.54) is 0 Å². The molecule has 1 aliphatic heterocycles. The molecular weight excluding hydrogens is 645 g/mol. The number of aromatic nitrogens is 2. The highest BCUT2D eigenvalue weighted by atomic mass is 32.2. The van der Waals surface area contributed by atoms with Crippen molar-refractivity contribution in [2.45, 2.75) is 77.0 Å². The van der Waals surface area contributed by atoms with Crippen molar-refractivity contribution in [1.29, 1.82) is 0 Å². The van der Waals surface area contributed by atoms with Gasteiger partial charge in [0.25, 0.3) is 5.91 Å². The van der Waals surface area contributed by atoms with E-state index in [0.717, 1.165) is 96.2 Å². The second-order valence-electron chi connectivity index (χ2n) is 13.3. The van der Waals surface area contributed by atoms with Crippen LogP contribution in [0.1, 0.15) is 71.1 Å². The van der Waals surface area contributed by atoms with Crippen LogP contribution in [0.15, 0.2) is 89.7 Å². The summed E-state index contributed by atoms with van der Waals surface area (Å²) in [6, 6.07) is 22.1. The molecule has 1 N–H and O–H groups in total. The second-order valence-corrected chi connectivity index (χ2v) is 14.7. The molecule has 0 saturated heterocycles. The van der Waals surface area contributed by atoms with Gasteiger partial charge in [0.15, 0.2) is 0 Å². The molecule has 3 aromatic carbocycles. The second kappa shape index (κ2) is 18.7. The van der Waals surface area contributed by atoms with Crippen LogP contribution < -0.4 is 15.0 Å².